The third-order valence-corrected chi connectivity index (χ3v) is 5.56. The Hall–Kier alpha value is -4.39. The first-order valence-corrected chi connectivity index (χ1v) is 11.4. The molecule has 35 heavy (non-hydrogen) atoms. The molecule has 4 rings (SSSR count). The normalized spacial score (nSPS) is 14.4. The van der Waals surface area contributed by atoms with E-state index in [1.54, 1.807) is 30.3 Å². The highest BCUT2D eigenvalue weighted by atomic mass is 16.5. The summed E-state index contributed by atoms with van der Waals surface area (Å²) < 4.78 is 5.61. The standard InChI is InChI=1S/C28H27N3O4/c1-19(2)23-10-6-7-11-24(23)29-26(32)18-35-22-14-12-20(13-15-22)16-25-27(33)31(28(34)30-25)17-21-8-4-3-5-9-21/h3-16,19H,17-18H2,1-2H3,(H,29,32)(H,30,34). The average molecular weight is 470 g/mol. The lowest BCUT2D eigenvalue weighted by atomic mass is 10.0. The summed E-state index contributed by atoms with van der Waals surface area (Å²) in [6.45, 7) is 4.22. The van der Waals surface area contributed by atoms with Gasteiger partial charge in [-0.3, -0.25) is 14.5 Å². The quantitative estimate of drug-likeness (QED) is 0.362. The Morgan fingerprint density at radius 1 is 0.971 bits per heavy atom. The second kappa shape index (κ2) is 10.7. The van der Waals surface area contributed by atoms with E-state index in [-0.39, 0.29) is 36.6 Å². The number of carbonyl (C=O) groups excluding carboxylic acids is 3. The number of benzene rings is 3. The van der Waals surface area contributed by atoms with Gasteiger partial charge in [0.25, 0.3) is 11.8 Å². The van der Waals surface area contributed by atoms with E-state index in [1.807, 2.05) is 54.6 Å². The van der Waals surface area contributed by atoms with Crippen molar-refractivity contribution in [3.05, 3.63) is 101 Å². The van der Waals surface area contributed by atoms with Gasteiger partial charge in [0.15, 0.2) is 6.61 Å². The maximum Gasteiger partial charge on any atom is 0.329 e. The molecule has 0 aromatic heterocycles. The van der Waals surface area contributed by atoms with Gasteiger partial charge in [-0.2, -0.15) is 0 Å². The Morgan fingerprint density at radius 3 is 2.37 bits per heavy atom. The Kier molecular flexibility index (Phi) is 7.26. The van der Waals surface area contributed by atoms with E-state index in [0.29, 0.717) is 5.75 Å². The predicted octanol–water partition coefficient (Wildman–Crippen LogP) is 4.92. The summed E-state index contributed by atoms with van der Waals surface area (Å²) in [5.74, 6) is 0.183. The van der Waals surface area contributed by atoms with Gasteiger partial charge in [0.05, 0.1) is 6.54 Å². The fourth-order valence-corrected chi connectivity index (χ4v) is 3.76. The number of carbonyl (C=O) groups is 3. The molecule has 0 unspecified atom stereocenters. The highest BCUT2D eigenvalue weighted by Gasteiger charge is 2.33. The smallest absolute Gasteiger partial charge is 0.329 e. The fourth-order valence-electron chi connectivity index (χ4n) is 3.76. The number of imide groups is 1. The summed E-state index contributed by atoms with van der Waals surface area (Å²) in [5.41, 5.74) is 3.65. The van der Waals surface area contributed by atoms with Crippen LogP contribution in [0.15, 0.2) is 84.6 Å². The van der Waals surface area contributed by atoms with Gasteiger partial charge in [0, 0.05) is 5.69 Å². The summed E-state index contributed by atoms with van der Waals surface area (Å²) in [6.07, 6.45) is 1.62. The summed E-state index contributed by atoms with van der Waals surface area (Å²) in [6, 6.07) is 23.5. The lowest BCUT2D eigenvalue weighted by molar-refractivity contribution is -0.123. The summed E-state index contributed by atoms with van der Waals surface area (Å²) >= 11 is 0. The van der Waals surface area contributed by atoms with Crippen LogP contribution < -0.4 is 15.4 Å². The van der Waals surface area contributed by atoms with Crippen LogP contribution in [0, 0.1) is 0 Å². The molecule has 3 aromatic carbocycles. The third-order valence-electron chi connectivity index (χ3n) is 5.56. The predicted molar refractivity (Wildman–Crippen MR) is 135 cm³/mol. The van der Waals surface area contributed by atoms with Gasteiger partial charge < -0.3 is 15.4 Å². The van der Waals surface area contributed by atoms with Gasteiger partial charge in [-0.1, -0.05) is 74.5 Å². The van der Waals surface area contributed by atoms with E-state index in [1.165, 1.54) is 4.90 Å². The van der Waals surface area contributed by atoms with Gasteiger partial charge in [-0.15, -0.1) is 0 Å². The number of nitrogens with one attached hydrogen (secondary N) is 2. The monoisotopic (exact) mass is 469 g/mol. The molecule has 7 heteroatoms. The van der Waals surface area contributed by atoms with Crippen LogP contribution in [0.3, 0.4) is 0 Å². The molecule has 0 atom stereocenters. The first kappa shape index (κ1) is 23.8. The molecule has 178 valence electrons. The highest BCUT2D eigenvalue weighted by Crippen LogP contribution is 2.24. The van der Waals surface area contributed by atoms with Gasteiger partial charge in [0.2, 0.25) is 0 Å². The maximum atomic E-state index is 12.7. The molecule has 0 bridgehead atoms. The van der Waals surface area contributed by atoms with Crippen LogP contribution >= 0.6 is 0 Å². The van der Waals surface area contributed by atoms with E-state index >= 15 is 0 Å². The minimum absolute atomic E-state index is 0.129. The number of hydrogen-bond donors (Lipinski definition) is 2. The van der Waals surface area contributed by atoms with E-state index in [9.17, 15) is 14.4 Å². The zero-order valence-corrected chi connectivity index (χ0v) is 19.7. The molecule has 7 nitrogen and oxygen atoms in total. The second-order valence-electron chi connectivity index (χ2n) is 8.51. The van der Waals surface area contributed by atoms with Crippen molar-refractivity contribution < 1.29 is 19.1 Å². The first-order valence-electron chi connectivity index (χ1n) is 11.4. The number of para-hydroxylation sites is 1. The van der Waals surface area contributed by atoms with Crippen molar-refractivity contribution in [3.8, 4) is 5.75 Å². The van der Waals surface area contributed by atoms with Gasteiger partial charge in [-0.05, 0) is 46.9 Å². The number of nitrogens with zero attached hydrogens (tertiary/aromatic N) is 1. The van der Waals surface area contributed by atoms with E-state index in [2.05, 4.69) is 24.5 Å². The van der Waals surface area contributed by atoms with Crippen molar-refractivity contribution in [2.45, 2.75) is 26.3 Å². The van der Waals surface area contributed by atoms with Crippen LogP contribution in [0.4, 0.5) is 10.5 Å². The Labute approximate surface area is 204 Å². The maximum absolute atomic E-state index is 12.7. The van der Waals surface area contributed by atoms with Crippen LogP contribution in [0.2, 0.25) is 0 Å². The van der Waals surface area contributed by atoms with Crippen LogP contribution in [-0.2, 0) is 16.1 Å². The summed E-state index contributed by atoms with van der Waals surface area (Å²) in [4.78, 5) is 38.5. The van der Waals surface area contributed by atoms with Crippen LogP contribution in [0.25, 0.3) is 6.08 Å². The molecule has 2 N–H and O–H groups in total. The van der Waals surface area contributed by atoms with Crippen molar-refractivity contribution in [1.82, 2.24) is 10.2 Å². The van der Waals surface area contributed by atoms with Gasteiger partial charge in [0.1, 0.15) is 11.4 Å². The molecule has 0 radical (unpaired) electrons. The number of ether oxygens (including phenoxy) is 1. The van der Waals surface area contributed by atoms with Gasteiger partial charge in [-0.25, -0.2) is 4.79 Å². The molecule has 1 fully saturated rings. The van der Waals surface area contributed by atoms with Crippen molar-refractivity contribution in [3.63, 3.8) is 0 Å². The molecule has 4 amide bonds. The molecule has 1 aliphatic heterocycles. The average Bonchev–Trinajstić information content (AvgIpc) is 3.11. The molecule has 1 heterocycles. The number of hydrogen-bond acceptors (Lipinski definition) is 4. The highest BCUT2D eigenvalue weighted by molar-refractivity contribution is 6.13. The van der Waals surface area contributed by atoms with Crippen LogP contribution in [0.5, 0.6) is 5.75 Å². The lowest BCUT2D eigenvalue weighted by Crippen LogP contribution is -2.30. The summed E-state index contributed by atoms with van der Waals surface area (Å²) in [5, 5.41) is 5.52. The molecule has 0 saturated carbocycles. The Bertz CT molecular complexity index is 1250. The molecular weight excluding hydrogens is 442 g/mol. The molecule has 1 aliphatic rings. The minimum atomic E-state index is -0.449. The number of anilines is 1. The van der Waals surface area contributed by atoms with Crippen molar-refractivity contribution in [2.75, 3.05) is 11.9 Å². The summed E-state index contributed by atoms with van der Waals surface area (Å²) in [7, 11) is 0. The third kappa shape index (κ3) is 5.95. The topological polar surface area (TPSA) is 87.7 Å². The lowest BCUT2D eigenvalue weighted by Gasteiger charge is -2.14. The van der Waals surface area contributed by atoms with Crippen LogP contribution in [0.1, 0.15) is 36.5 Å². The Morgan fingerprint density at radius 2 is 1.66 bits per heavy atom. The number of urea groups is 1. The van der Waals surface area contributed by atoms with Crippen molar-refractivity contribution in [1.29, 1.82) is 0 Å². The zero-order valence-electron chi connectivity index (χ0n) is 19.7. The molecule has 3 aromatic rings. The van der Waals surface area contributed by atoms with E-state index < -0.39 is 6.03 Å². The van der Waals surface area contributed by atoms with Gasteiger partial charge >= 0.3 is 6.03 Å². The first-order chi connectivity index (χ1) is 16.9. The Balaban J connectivity index is 1.34. The molecule has 0 aliphatic carbocycles. The van der Waals surface area contributed by atoms with Crippen molar-refractivity contribution in [2.24, 2.45) is 0 Å². The van der Waals surface area contributed by atoms with Crippen LogP contribution in [-0.4, -0.2) is 29.4 Å². The van der Waals surface area contributed by atoms with Crippen molar-refractivity contribution >= 4 is 29.6 Å². The molecular formula is C28H27N3O4. The largest absolute Gasteiger partial charge is 0.484 e. The van der Waals surface area contributed by atoms with E-state index in [0.717, 1.165) is 22.4 Å². The fraction of sp³-hybridized carbons (Fsp3) is 0.179. The number of rotatable bonds is 8. The van der Waals surface area contributed by atoms with E-state index in [4.69, 9.17) is 4.74 Å². The molecule has 1 saturated heterocycles. The number of amides is 4. The molecule has 0 spiro atoms. The second-order valence-corrected chi connectivity index (χ2v) is 8.51. The SMILES string of the molecule is CC(C)c1ccccc1NC(=O)COc1ccc(C=C2NC(=O)N(Cc3ccccc3)C2=O)cc1. The zero-order chi connectivity index (χ0) is 24.8. The minimum Gasteiger partial charge on any atom is -0.484 e.